The highest BCUT2D eigenvalue weighted by molar-refractivity contribution is 6.14. The van der Waals surface area contributed by atoms with E-state index in [2.05, 4.69) is 60.1 Å². The van der Waals surface area contributed by atoms with Crippen LogP contribution in [0.2, 0.25) is 0 Å². The van der Waals surface area contributed by atoms with Gasteiger partial charge in [-0.05, 0) is 34.0 Å². The molecule has 0 aliphatic carbocycles. The monoisotopic (exact) mass is 321 g/mol. The summed E-state index contributed by atoms with van der Waals surface area (Å²) in [4.78, 5) is 0. The smallest absolute Gasteiger partial charge is 0.0634 e. The van der Waals surface area contributed by atoms with E-state index in [1.807, 2.05) is 29.4 Å². The molecule has 0 saturated carbocycles. The third kappa shape index (κ3) is 2.89. The zero-order valence-electron chi connectivity index (χ0n) is 12.5. The predicted octanol–water partition coefficient (Wildman–Crippen LogP) is 4.58. The van der Waals surface area contributed by atoms with Crippen molar-refractivity contribution < 1.29 is 0 Å². The van der Waals surface area contributed by atoms with E-state index in [4.69, 9.17) is 11.8 Å². The van der Waals surface area contributed by atoms with Crippen LogP contribution in [-0.4, -0.2) is 11.1 Å². The van der Waals surface area contributed by atoms with Crippen molar-refractivity contribution in [3.8, 4) is 0 Å². The summed E-state index contributed by atoms with van der Waals surface area (Å²) >= 11 is 6.23. The van der Waals surface area contributed by atoms with Crippen LogP contribution in [0, 0.1) is 0 Å². The lowest BCUT2D eigenvalue weighted by Gasteiger charge is -2.34. The molecular formula is C19H16ClN3. The molecule has 1 heterocycles. The number of hydrogen-bond acceptors (Lipinski definition) is 3. The van der Waals surface area contributed by atoms with E-state index in [9.17, 15) is 0 Å². The van der Waals surface area contributed by atoms with Gasteiger partial charge in [-0.3, -0.25) is 5.01 Å². The first-order chi connectivity index (χ1) is 11.3. The Labute approximate surface area is 140 Å². The van der Waals surface area contributed by atoms with Gasteiger partial charge in [-0.1, -0.05) is 60.7 Å². The normalized spacial score (nSPS) is 14.9. The van der Waals surface area contributed by atoms with Crippen molar-refractivity contribution >= 4 is 33.8 Å². The van der Waals surface area contributed by atoms with E-state index in [0.29, 0.717) is 0 Å². The number of halogens is 1. The minimum absolute atomic E-state index is 0.742. The molecule has 1 aliphatic heterocycles. The van der Waals surface area contributed by atoms with Crippen LogP contribution < -0.4 is 10.5 Å². The van der Waals surface area contributed by atoms with Gasteiger partial charge in [-0.15, -0.1) is 5.53 Å². The van der Waals surface area contributed by atoms with Gasteiger partial charge in [0.2, 0.25) is 0 Å². The summed E-state index contributed by atoms with van der Waals surface area (Å²) in [5.41, 5.74) is 6.56. The van der Waals surface area contributed by atoms with Gasteiger partial charge < -0.3 is 0 Å². The van der Waals surface area contributed by atoms with E-state index in [1.165, 1.54) is 20.9 Å². The Kier molecular flexibility index (Phi) is 3.66. The first-order valence-electron chi connectivity index (χ1n) is 7.53. The van der Waals surface area contributed by atoms with Crippen LogP contribution in [-0.2, 0) is 0 Å². The maximum atomic E-state index is 6.23. The fourth-order valence-electron chi connectivity index (χ4n) is 2.84. The van der Waals surface area contributed by atoms with Crippen LogP contribution in [0.15, 0.2) is 79.0 Å². The fourth-order valence-corrected chi connectivity index (χ4v) is 3.05. The first kappa shape index (κ1) is 14.1. The summed E-state index contributed by atoms with van der Waals surface area (Å²) in [6, 6.07) is 25.0. The fraction of sp³-hybridized carbons (Fsp3) is 0.0526. The largest absolute Gasteiger partial charge is 0.285 e. The second-order valence-corrected chi connectivity index (χ2v) is 5.91. The van der Waals surface area contributed by atoms with Crippen molar-refractivity contribution in [3.05, 3.63) is 84.6 Å². The molecule has 3 nitrogen and oxygen atoms in total. The Balaban J connectivity index is 1.67. The summed E-state index contributed by atoms with van der Waals surface area (Å²) in [5.74, 6) is 0. The van der Waals surface area contributed by atoms with Crippen molar-refractivity contribution in [2.45, 2.75) is 0 Å². The average Bonchev–Trinajstić information content (AvgIpc) is 2.61. The summed E-state index contributed by atoms with van der Waals surface area (Å²) < 4.78 is 1.47. The van der Waals surface area contributed by atoms with Crippen LogP contribution in [0.1, 0.15) is 5.56 Å². The minimum atomic E-state index is 0.742. The van der Waals surface area contributed by atoms with Crippen LogP contribution in [0.3, 0.4) is 0 Å². The third-order valence-corrected chi connectivity index (χ3v) is 4.18. The van der Waals surface area contributed by atoms with Gasteiger partial charge in [-0.2, -0.15) is 0 Å². The first-order valence-corrected chi connectivity index (χ1v) is 7.87. The summed E-state index contributed by atoms with van der Waals surface area (Å²) in [6.07, 6.45) is 1.91. The summed E-state index contributed by atoms with van der Waals surface area (Å²) in [6.45, 7) is 0.742. The van der Waals surface area contributed by atoms with Gasteiger partial charge in [0.05, 0.1) is 12.2 Å². The highest BCUT2D eigenvalue weighted by Crippen LogP contribution is 2.26. The molecular weight excluding hydrogens is 306 g/mol. The van der Waals surface area contributed by atoms with Gasteiger partial charge in [0.25, 0.3) is 0 Å². The lowest BCUT2D eigenvalue weighted by Crippen LogP contribution is -2.47. The minimum Gasteiger partial charge on any atom is -0.285 e. The van der Waals surface area contributed by atoms with Crippen LogP contribution in [0.5, 0.6) is 0 Å². The predicted molar refractivity (Wildman–Crippen MR) is 96.5 cm³/mol. The number of hydrogen-bond donors (Lipinski definition) is 1. The molecule has 1 N–H and O–H groups in total. The maximum Gasteiger partial charge on any atom is 0.0634 e. The van der Waals surface area contributed by atoms with E-state index in [0.717, 1.165) is 17.8 Å². The number of nitrogens with zero attached hydrogens (tertiary/aromatic N) is 2. The summed E-state index contributed by atoms with van der Waals surface area (Å²) in [5, 5.41) is 4.49. The molecule has 3 aromatic rings. The number of benzene rings is 3. The van der Waals surface area contributed by atoms with Gasteiger partial charge in [0.15, 0.2) is 0 Å². The molecule has 114 valence electrons. The Morgan fingerprint density at radius 2 is 1.57 bits per heavy atom. The van der Waals surface area contributed by atoms with Crippen LogP contribution in [0.4, 0.5) is 5.69 Å². The molecule has 3 aromatic carbocycles. The molecule has 0 aromatic heterocycles. The second-order valence-electron chi connectivity index (χ2n) is 5.55. The summed E-state index contributed by atoms with van der Waals surface area (Å²) in [7, 11) is 0. The molecule has 23 heavy (non-hydrogen) atoms. The molecule has 0 fully saturated rings. The van der Waals surface area contributed by atoms with Gasteiger partial charge in [0.1, 0.15) is 0 Å². The lowest BCUT2D eigenvalue weighted by atomic mass is 10.1. The molecule has 0 spiro atoms. The second kappa shape index (κ2) is 5.95. The van der Waals surface area contributed by atoms with Crippen molar-refractivity contribution in [1.29, 1.82) is 0 Å². The van der Waals surface area contributed by atoms with Crippen molar-refractivity contribution in [1.82, 2.24) is 10.1 Å². The number of fused-ring (bicyclic) bond motifs is 1. The third-order valence-electron chi connectivity index (χ3n) is 4.00. The highest BCUT2D eigenvalue weighted by Gasteiger charge is 2.18. The number of nitrogens with one attached hydrogen (secondary N) is 1. The maximum absolute atomic E-state index is 6.23. The standard InChI is InChI=1S/C19H16ClN3/c20-23-14-18(15-6-2-1-3-7-15)13-22(21-23)19-11-10-16-8-4-5-9-17(16)12-19/h1-12,14,21H,13H2. The highest BCUT2D eigenvalue weighted by atomic mass is 35.5. The Morgan fingerprint density at radius 1 is 0.826 bits per heavy atom. The lowest BCUT2D eigenvalue weighted by molar-refractivity contribution is 0.407. The van der Waals surface area contributed by atoms with Crippen LogP contribution >= 0.6 is 11.8 Å². The molecule has 4 heteroatoms. The SMILES string of the molecule is ClN1C=C(c2ccccc2)CN(c2ccc3ccccc3c2)N1. The van der Waals surface area contributed by atoms with Gasteiger partial charge in [-0.25, -0.2) is 4.53 Å². The molecule has 0 radical (unpaired) electrons. The molecule has 4 rings (SSSR count). The van der Waals surface area contributed by atoms with Gasteiger partial charge in [0, 0.05) is 18.0 Å². The molecule has 0 bridgehead atoms. The molecule has 1 aliphatic rings. The Bertz CT molecular complexity index is 861. The number of anilines is 1. The number of hydrazine groups is 2. The topological polar surface area (TPSA) is 18.5 Å². The number of rotatable bonds is 2. The average molecular weight is 322 g/mol. The zero-order chi connectivity index (χ0) is 15.6. The molecule has 0 atom stereocenters. The zero-order valence-corrected chi connectivity index (χ0v) is 13.2. The van der Waals surface area contributed by atoms with Crippen LogP contribution in [0.25, 0.3) is 16.3 Å². The van der Waals surface area contributed by atoms with Crippen molar-refractivity contribution in [3.63, 3.8) is 0 Å². The molecule has 0 saturated heterocycles. The quantitative estimate of drug-likeness (QED) is 0.697. The Hall–Kier alpha value is -2.49. The van der Waals surface area contributed by atoms with E-state index in [-0.39, 0.29) is 0 Å². The molecule has 0 unspecified atom stereocenters. The molecule has 0 amide bonds. The Morgan fingerprint density at radius 3 is 2.39 bits per heavy atom. The van der Waals surface area contributed by atoms with E-state index in [1.54, 1.807) is 0 Å². The van der Waals surface area contributed by atoms with Crippen molar-refractivity contribution in [2.24, 2.45) is 0 Å². The van der Waals surface area contributed by atoms with Crippen molar-refractivity contribution in [2.75, 3.05) is 11.6 Å². The van der Waals surface area contributed by atoms with Gasteiger partial charge >= 0.3 is 0 Å². The van der Waals surface area contributed by atoms with E-state index < -0.39 is 0 Å². The van der Waals surface area contributed by atoms with E-state index >= 15 is 0 Å².